The molecule has 2 saturated heterocycles. The molecular formula is C14H21N3O2S. The monoisotopic (exact) mass is 295 g/mol. The van der Waals surface area contributed by atoms with E-state index in [1.807, 2.05) is 23.2 Å². The third kappa shape index (κ3) is 2.81. The minimum atomic E-state index is -0.743. The van der Waals surface area contributed by atoms with Crippen LogP contribution < -0.4 is 5.32 Å². The molecule has 0 radical (unpaired) electrons. The lowest BCUT2D eigenvalue weighted by Gasteiger charge is -2.29. The van der Waals surface area contributed by atoms with Crippen molar-refractivity contribution in [3.05, 3.63) is 24.0 Å². The zero-order valence-corrected chi connectivity index (χ0v) is 12.4. The smallest absolute Gasteiger partial charge is 0.270 e. The van der Waals surface area contributed by atoms with E-state index in [0.29, 0.717) is 30.6 Å². The molecule has 2 aliphatic rings. The Hall–Kier alpha value is -1.14. The second-order valence-corrected chi connectivity index (χ2v) is 7.12. The zero-order valence-electron chi connectivity index (χ0n) is 11.6. The van der Waals surface area contributed by atoms with E-state index in [1.54, 1.807) is 0 Å². The van der Waals surface area contributed by atoms with Crippen molar-refractivity contribution in [2.45, 2.75) is 18.9 Å². The number of carbonyl (C=O) groups is 1. The van der Waals surface area contributed by atoms with Gasteiger partial charge < -0.3 is 14.8 Å². The molecule has 0 spiro atoms. The lowest BCUT2D eigenvalue weighted by Crippen LogP contribution is -2.43. The Balaban J connectivity index is 1.75. The molecule has 1 amide bonds. The second-order valence-electron chi connectivity index (χ2n) is 5.42. The summed E-state index contributed by atoms with van der Waals surface area (Å²) in [6.07, 6.45) is 4.16. The summed E-state index contributed by atoms with van der Waals surface area (Å²) in [5.74, 6) is 1.31. The van der Waals surface area contributed by atoms with E-state index in [-0.39, 0.29) is 5.91 Å². The van der Waals surface area contributed by atoms with Gasteiger partial charge in [0.25, 0.3) is 5.91 Å². The number of amides is 1. The van der Waals surface area contributed by atoms with Crippen molar-refractivity contribution >= 4 is 16.7 Å². The Morgan fingerprint density at radius 1 is 1.25 bits per heavy atom. The first-order valence-electron chi connectivity index (χ1n) is 7.27. The van der Waals surface area contributed by atoms with Gasteiger partial charge >= 0.3 is 0 Å². The maximum Gasteiger partial charge on any atom is 0.270 e. The predicted molar refractivity (Wildman–Crippen MR) is 79.4 cm³/mol. The highest BCUT2D eigenvalue weighted by molar-refractivity contribution is 7.85. The van der Waals surface area contributed by atoms with Crippen molar-refractivity contribution < 1.29 is 9.00 Å². The zero-order chi connectivity index (χ0) is 13.9. The molecule has 110 valence electrons. The van der Waals surface area contributed by atoms with Gasteiger partial charge in [0.05, 0.1) is 0 Å². The number of piperidine rings is 1. The van der Waals surface area contributed by atoms with E-state index in [0.717, 1.165) is 31.6 Å². The summed E-state index contributed by atoms with van der Waals surface area (Å²) in [6.45, 7) is 3.25. The molecule has 1 N–H and O–H groups in total. The fourth-order valence-electron chi connectivity index (χ4n) is 2.98. The van der Waals surface area contributed by atoms with E-state index in [1.165, 1.54) is 0 Å². The minimum Gasteiger partial charge on any atom is -0.340 e. The molecule has 2 fully saturated rings. The van der Waals surface area contributed by atoms with Gasteiger partial charge in [-0.15, -0.1) is 0 Å². The average molecular weight is 295 g/mol. The topological polar surface area (TPSA) is 54.3 Å². The quantitative estimate of drug-likeness (QED) is 0.870. The molecule has 20 heavy (non-hydrogen) atoms. The molecule has 0 atom stereocenters. The number of carbonyl (C=O) groups excluding carboxylic acids is 1. The minimum absolute atomic E-state index is 0.0882. The van der Waals surface area contributed by atoms with Crippen LogP contribution >= 0.6 is 0 Å². The van der Waals surface area contributed by atoms with Crippen molar-refractivity contribution in [1.29, 1.82) is 0 Å². The Kier molecular flexibility index (Phi) is 4.21. The van der Waals surface area contributed by atoms with Crippen molar-refractivity contribution in [1.82, 2.24) is 14.8 Å². The molecule has 0 unspecified atom stereocenters. The van der Waals surface area contributed by atoms with Crippen LogP contribution in [-0.4, -0.2) is 57.3 Å². The van der Waals surface area contributed by atoms with Crippen LogP contribution in [0.3, 0.4) is 0 Å². The molecule has 1 aromatic heterocycles. The normalized spacial score (nSPS) is 22.1. The highest BCUT2D eigenvalue weighted by atomic mass is 32.2. The molecule has 1 aromatic rings. The van der Waals surface area contributed by atoms with Crippen LogP contribution in [-0.2, 0) is 10.8 Å². The average Bonchev–Trinajstić information content (AvgIpc) is 2.97. The van der Waals surface area contributed by atoms with Crippen LogP contribution in [0.2, 0.25) is 0 Å². The molecule has 0 aliphatic carbocycles. The Morgan fingerprint density at radius 3 is 2.65 bits per heavy atom. The summed E-state index contributed by atoms with van der Waals surface area (Å²) >= 11 is 0. The first-order chi connectivity index (χ1) is 9.75. The first-order valence-corrected chi connectivity index (χ1v) is 8.76. The van der Waals surface area contributed by atoms with Gasteiger partial charge in [-0.2, -0.15) is 0 Å². The Morgan fingerprint density at radius 2 is 1.95 bits per heavy atom. The van der Waals surface area contributed by atoms with Gasteiger partial charge in [-0.3, -0.25) is 9.00 Å². The number of hydrogen-bond acceptors (Lipinski definition) is 3. The molecule has 3 heterocycles. The lowest BCUT2D eigenvalue weighted by molar-refractivity contribution is 0.0756. The van der Waals surface area contributed by atoms with Crippen LogP contribution in [0.1, 0.15) is 29.4 Å². The third-order valence-electron chi connectivity index (χ3n) is 4.17. The lowest BCUT2D eigenvalue weighted by atomic mass is 10.1. The first kappa shape index (κ1) is 13.8. The van der Waals surface area contributed by atoms with Crippen molar-refractivity contribution in [3.8, 4) is 0 Å². The molecule has 0 aromatic carbocycles. The standard InChI is InChI=1S/C14H21N3O2S/c18-14(16-8-10-20(19)11-9-16)13-2-1-7-17(13)12-3-5-15-6-4-12/h1-2,7,12,15H,3-6,8-11H2. The maximum atomic E-state index is 12.6. The van der Waals surface area contributed by atoms with Gasteiger partial charge in [-0.05, 0) is 38.1 Å². The van der Waals surface area contributed by atoms with Crippen LogP contribution in [0.15, 0.2) is 18.3 Å². The molecule has 5 nitrogen and oxygen atoms in total. The summed E-state index contributed by atoms with van der Waals surface area (Å²) < 4.78 is 13.5. The number of nitrogens with one attached hydrogen (secondary N) is 1. The maximum absolute atomic E-state index is 12.6. The van der Waals surface area contributed by atoms with Crippen LogP contribution in [0.25, 0.3) is 0 Å². The van der Waals surface area contributed by atoms with E-state index in [4.69, 9.17) is 0 Å². The highest BCUT2D eigenvalue weighted by Crippen LogP contribution is 2.22. The number of rotatable bonds is 2. The molecule has 2 aliphatic heterocycles. The van der Waals surface area contributed by atoms with E-state index in [2.05, 4.69) is 9.88 Å². The summed E-state index contributed by atoms with van der Waals surface area (Å²) in [6, 6.07) is 4.29. The SMILES string of the molecule is O=C(c1cccn1C1CCNCC1)N1CCS(=O)CC1. The Labute approximate surface area is 121 Å². The van der Waals surface area contributed by atoms with Crippen molar-refractivity contribution in [2.24, 2.45) is 0 Å². The third-order valence-corrected chi connectivity index (χ3v) is 5.44. The molecule has 3 rings (SSSR count). The van der Waals surface area contributed by atoms with E-state index in [9.17, 15) is 9.00 Å². The number of hydrogen-bond donors (Lipinski definition) is 1. The predicted octanol–water partition coefficient (Wildman–Crippen LogP) is 0.617. The molecule has 0 saturated carbocycles. The van der Waals surface area contributed by atoms with E-state index < -0.39 is 10.8 Å². The van der Waals surface area contributed by atoms with Gasteiger partial charge in [-0.25, -0.2) is 0 Å². The largest absolute Gasteiger partial charge is 0.340 e. The summed E-state index contributed by atoms with van der Waals surface area (Å²) in [5.41, 5.74) is 0.782. The van der Waals surface area contributed by atoms with Crippen molar-refractivity contribution in [3.63, 3.8) is 0 Å². The summed E-state index contributed by atoms with van der Waals surface area (Å²) in [7, 11) is -0.743. The van der Waals surface area contributed by atoms with Crippen LogP contribution in [0, 0.1) is 0 Å². The molecule has 6 heteroatoms. The van der Waals surface area contributed by atoms with Gasteiger partial charge in [0, 0.05) is 47.6 Å². The van der Waals surface area contributed by atoms with Crippen LogP contribution in [0.4, 0.5) is 0 Å². The van der Waals surface area contributed by atoms with Gasteiger partial charge in [0.1, 0.15) is 5.69 Å². The highest BCUT2D eigenvalue weighted by Gasteiger charge is 2.25. The fraction of sp³-hybridized carbons (Fsp3) is 0.643. The number of nitrogens with zero attached hydrogens (tertiary/aromatic N) is 2. The van der Waals surface area contributed by atoms with Crippen LogP contribution in [0.5, 0.6) is 0 Å². The fourth-order valence-corrected chi connectivity index (χ4v) is 4.03. The molecule has 0 bridgehead atoms. The summed E-state index contributed by atoms with van der Waals surface area (Å²) in [4.78, 5) is 14.5. The van der Waals surface area contributed by atoms with Crippen molar-refractivity contribution in [2.75, 3.05) is 37.7 Å². The second kappa shape index (κ2) is 6.10. The van der Waals surface area contributed by atoms with Gasteiger partial charge in [0.15, 0.2) is 0 Å². The summed E-state index contributed by atoms with van der Waals surface area (Å²) in [5, 5.41) is 3.35. The number of aromatic nitrogens is 1. The van der Waals surface area contributed by atoms with Gasteiger partial charge in [0.2, 0.25) is 0 Å². The van der Waals surface area contributed by atoms with Gasteiger partial charge in [-0.1, -0.05) is 0 Å². The Bertz CT molecular complexity index is 498. The van der Waals surface area contributed by atoms with E-state index >= 15 is 0 Å². The molecular weight excluding hydrogens is 274 g/mol.